The van der Waals surface area contributed by atoms with Gasteiger partial charge in [-0.15, -0.1) is 10.2 Å². The number of nitrogens with zero attached hydrogens (tertiary/aromatic N) is 4. The van der Waals surface area contributed by atoms with Gasteiger partial charge in [0.2, 0.25) is 0 Å². The Balaban J connectivity index is 1.52. The first-order valence-electron chi connectivity index (χ1n) is 10.5. The van der Waals surface area contributed by atoms with E-state index in [2.05, 4.69) is 20.7 Å². The first-order chi connectivity index (χ1) is 16.2. The molecule has 0 aliphatic rings. The fraction of sp³-hybridized carbons (Fsp3) is 0.120. The normalized spacial score (nSPS) is 10.9. The molecule has 0 saturated heterocycles. The van der Waals surface area contributed by atoms with Crippen LogP contribution in [0.25, 0.3) is 17.1 Å². The molecule has 0 bridgehead atoms. The Morgan fingerprint density at radius 1 is 1.00 bits per heavy atom. The molecular weight excluding hydrogens is 434 g/mol. The lowest BCUT2D eigenvalue weighted by Gasteiger charge is -2.11. The highest BCUT2D eigenvalue weighted by Gasteiger charge is 2.17. The number of hydrogen-bond donors (Lipinski definition) is 1. The van der Waals surface area contributed by atoms with Crippen LogP contribution in [0.3, 0.4) is 0 Å². The van der Waals surface area contributed by atoms with Crippen LogP contribution in [0.1, 0.15) is 12.5 Å². The van der Waals surface area contributed by atoms with Crippen LogP contribution >= 0.6 is 11.8 Å². The number of rotatable bonds is 9. The molecule has 0 spiro atoms. The Kier molecular flexibility index (Phi) is 7.50. The van der Waals surface area contributed by atoms with Gasteiger partial charge in [-0.2, -0.15) is 5.10 Å². The zero-order valence-corrected chi connectivity index (χ0v) is 18.9. The molecule has 8 heteroatoms. The Bertz CT molecular complexity index is 1210. The van der Waals surface area contributed by atoms with Gasteiger partial charge in [0, 0.05) is 11.3 Å². The fourth-order valence-electron chi connectivity index (χ4n) is 3.11. The first kappa shape index (κ1) is 22.3. The summed E-state index contributed by atoms with van der Waals surface area (Å²) in [7, 11) is 0. The van der Waals surface area contributed by atoms with Gasteiger partial charge in [0.15, 0.2) is 11.0 Å². The number of benzene rings is 3. The van der Waals surface area contributed by atoms with Crippen LogP contribution in [0.5, 0.6) is 5.75 Å². The van der Waals surface area contributed by atoms with Crippen molar-refractivity contribution in [1.29, 1.82) is 0 Å². The van der Waals surface area contributed by atoms with E-state index in [1.165, 1.54) is 11.8 Å². The quantitative estimate of drug-likeness (QED) is 0.226. The summed E-state index contributed by atoms with van der Waals surface area (Å²) < 4.78 is 7.50. The maximum Gasteiger partial charge on any atom is 0.250 e. The second-order valence-corrected chi connectivity index (χ2v) is 7.87. The third-order valence-corrected chi connectivity index (χ3v) is 5.54. The SMILES string of the molecule is CCOc1ccc(-n2c(SCC(=O)N/N=C/c3ccccc3)nnc2-c2ccccc2)cc1. The van der Waals surface area contributed by atoms with Crippen molar-refractivity contribution in [3.8, 4) is 22.8 Å². The highest BCUT2D eigenvalue weighted by molar-refractivity contribution is 7.99. The first-order valence-corrected chi connectivity index (χ1v) is 11.5. The molecule has 166 valence electrons. The molecule has 1 N–H and O–H groups in total. The van der Waals surface area contributed by atoms with E-state index in [9.17, 15) is 4.79 Å². The smallest absolute Gasteiger partial charge is 0.250 e. The highest BCUT2D eigenvalue weighted by atomic mass is 32.2. The van der Waals surface area contributed by atoms with E-state index < -0.39 is 0 Å². The molecule has 1 aromatic heterocycles. The second kappa shape index (κ2) is 11.1. The van der Waals surface area contributed by atoms with E-state index in [1.54, 1.807) is 6.21 Å². The van der Waals surface area contributed by atoms with Crippen LogP contribution in [0.15, 0.2) is 95.2 Å². The number of aromatic nitrogens is 3. The number of carbonyl (C=O) groups is 1. The zero-order valence-electron chi connectivity index (χ0n) is 18.1. The number of amides is 1. The molecule has 3 aromatic carbocycles. The summed E-state index contributed by atoms with van der Waals surface area (Å²) in [5, 5.41) is 13.4. The van der Waals surface area contributed by atoms with Crippen molar-refractivity contribution < 1.29 is 9.53 Å². The molecule has 33 heavy (non-hydrogen) atoms. The van der Waals surface area contributed by atoms with Crippen molar-refractivity contribution in [3.63, 3.8) is 0 Å². The lowest BCUT2D eigenvalue weighted by molar-refractivity contribution is -0.118. The van der Waals surface area contributed by atoms with E-state index in [0.717, 1.165) is 22.6 Å². The van der Waals surface area contributed by atoms with Crippen molar-refractivity contribution in [2.24, 2.45) is 5.10 Å². The molecule has 0 saturated carbocycles. The predicted octanol–water partition coefficient (Wildman–Crippen LogP) is 4.58. The van der Waals surface area contributed by atoms with Crippen molar-refractivity contribution >= 4 is 23.9 Å². The van der Waals surface area contributed by atoms with Gasteiger partial charge >= 0.3 is 0 Å². The van der Waals surface area contributed by atoms with Crippen LogP contribution in [0.4, 0.5) is 0 Å². The van der Waals surface area contributed by atoms with E-state index >= 15 is 0 Å². The topological polar surface area (TPSA) is 81.4 Å². The van der Waals surface area contributed by atoms with Gasteiger partial charge in [0.1, 0.15) is 5.75 Å². The minimum atomic E-state index is -0.227. The maximum atomic E-state index is 12.3. The minimum Gasteiger partial charge on any atom is -0.494 e. The third kappa shape index (κ3) is 5.87. The summed E-state index contributed by atoms with van der Waals surface area (Å²) >= 11 is 1.30. The van der Waals surface area contributed by atoms with Gasteiger partial charge in [0.25, 0.3) is 5.91 Å². The molecular formula is C25H23N5O2S. The number of hydrogen-bond acceptors (Lipinski definition) is 6. The summed E-state index contributed by atoms with van der Waals surface area (Å²) in [5.74, 6) is 1.41. The molecule has 4 rings (SSSR count). The Hall–Kier alpha value is -3.91. The van der Waals surface area contributed by atoms with Crippen LogP contribution in [-0.2, 0) is 4.79 Å². The van der Waals surface area contributed by atoms with Crippen LogP contribution in [-0.4, -0.2) is 39.2 Å². The molecule has 7 nitrogen and oxygen atoms in total. The molecule has 1 heterocycles. The number of nitrogens with one attached hydrogen (secondary N) is 1. The van der Waals surface area contributed by atoms with E-state index in [-0.39, 0.29) is 11.7 Å². The average Bonchev–Trinajstić information content (AvgIpc) is 3.29. The summed E-state index contributed by atoms with van der Waals surface area (Å²) in [6.07, 6.45) is 1.61. The molecule has 0 atom stereocenters. The largest absolute Gasteiger partial charge is 0.494 e. The number of carbonyl (C=O) groups excluding carboxylic acids is 1. The van der Waals surface area contributed by atoms with Crippen LogP contribution < -0.4 is 10.2 Å². The molecule has 4 aromatic rings. The highest BCUT2D eigenvalue weighted by Crippen LogP contribution is 2.28. The predicted molar refractivity (Wildman–Crippen MR) is 131 cm³/mol. The summed E-state index contributed by atoms with van der Waals surface area (Å²) in [4.78, 5) is 12.3. The molecule has 0 aliphatic heterocycles. The van der Waals surface area contributed by atoms with Gasteiger partial charge in [-0.3, -0.25) is 9.36 Å². The number of hydrazone groups is 1. The Labute approximate surface area is 196 Å². The molecule has 0 aliphatic carbocycles. The number of thioether (sulfide) groups is 1. The number of ether oxygens (including phenoxy) is 1. The van der Waals surface area contributed by atoms with Crippen molar-refractivity contribution in [1.82, 2.24) is 20.2 Å². The van der Waals surface area contributed by atoms with Crippen molar-refractivity contribution in [3.05, 3.63) is 90.5 Å². The molecule has 0 fully saturated rings. The zero-order chi connectivity index (χ0) is 22.9. The van der Waals surface area contributed by atoms with Crippen LogP contribution in [0, 0.1) is 0 Å². The van der Waals surface area contributed by atoms with E-state index in [4.69, 9.17) is 4.74 Å². The average molecular weight is 458 g/mol. The van der Waals surface area contributed by atoms with Gasteiger partial charge < -0.3 is 4.74 Å². The van der Waals surface area contributed by atoms with Crippen molar-refractivity contribution in [2.45, 2.75) is 12.1 Å². The molecule has 0 radical (unpaired) electrons. The lowest BCUT2D eigenvalue weighted by atomic mass is 10.2. The third-order valence-electron chi connectivity index (χ3n) is 4.61. The standard InChI is InChI=1S/C25H23N5O2S/c1-2-32-22-15-13-21(14-16-22)30-24(20-11-7-4-8-12-20)28-29-25(30)33-18-23(31)27-26-17-19-9-5-3-6-10-19/h3-17H,2,18H2,1H3,(H,27,31)/b26-17+. The molecule has 1 amide bonds. The van der Waals surface area contributed by atoms with Gasteiger partial charge in [-0.05, 0) is 36.8 Å². The van der Waals surface area contributed by atoms with E-state index in [0.29, 0.717) is 17.6 Å². The summed E-state index contributed by atoms with van der Waals surface area (Å²) in [6, 6.07) is 27.1. The van der Waals surface area contributed by atoms with Crippen LogP contribution in [0.2, 0.25) is 0 Å². The Morgan fingerprint density at radius 2 is 1.70 bits per heavy atom. The molecule has 0 unspecified atom stereocenters. The maximum absolute atomic E-state index is 12.3. The lowest BCUT2D eigenvalue weighted by Crippen LogP contribution is -2.20. The minimum absolute atomic E-state index is 0.149. The van der Waals surface area contributed by atoms with E-state index in [1.807, 2.05) is 96.4 Å². The van der Waals surface area contributed by atoms with Gasteiger partial charge in [-0.1, -0.05) is 72.4 Å². The summed E-state index contributed by atoms with van der Waals surface area (Å²) in [6.45, 7) is 2.55. The monoisotopic (exact) mass is 457 g/mol. The van der Waals surface area contributed by atoms with Crippen molar-refractivity contribution in [2.75, 3.05) is 12.4 Å². The Morgan fingerprint density at radius 3 is 2.39 bits per heavy atom. The summed E-state index contributed by atoms with van der Waals surface area (Å²) in [5.41, 5.74) is 5.28. The van der Waals surface area contributed by atoms with Gasteiger partial charge in [0.05, 0.1) is 18.6 Å². The fourth-order valence-corrected chi connectivity index (χ4v) is 3.85. The second-order valence-electron chi connectivity index (χ2n) is 6.93. The van der Waals surface area contributed by atoms with Gasteiger partial charge in [-0.25, -0.2) is 5.43 Å².